The Balaban J connectivity index is 2.15. The molecule has 1 atom stereocenters. The minimum atomic E-state index is -1.14. The summed E-state index contributed by atoms with van der Waals surface area (Å²) in [6.45, 7) is 2.45. The first-order chi connectivity index (χ1) is 13.9. The number of amides is 1. The molecule has 0 fully saturated rings. The van der Waals surface area contributed by atoms with Gasteiger partial charge in [-0.25, -0.2) is 14.5 Å². The molecule has 0 saturated carbocycles. The van der Waals surface area contributed by atoms with Crippen LogP contribution in [0.1, 0.15) is 24.4 Å². The van der Waals surface area contributed by atoms with Crippen molar-refractivity contribution in [1.29, 1.82) is 0 Å². The normalized spacial score (nSPS) is 12.0. The van der Waals surface area contributed by atoms with E-state index in [9.17, 15) is 9.59 Å². The smallest absolute Gasteiger partial charge is 0.404 e. The minimum absolute atomic E-state index is 0.119. The summed E-state index contributed by atoms with van der Waals surface area (Å²) in [4.78, 5) is 28.9. The maximum absolute atomic E-state index is 13.4. The predicted molar refractivity (Wildman–Crippen MR) is 113 cm³/mol. The molecule has 1 unspecified atom stereocenters. The number of hydrogen-bond donors (Lipinski definition) is 3. The Bertz CT molecular complexity index is 1070. The van der Waals surface area contributed by atoms with Gasteiger partial charge in [-0.05, 0) is 24.6 Å². The molecule has 0 radical (unpaired) electrons. The van der Waals surface area contributed by atoms with Crippen LogP contribution in [0.5, 0.6) is 0 Å². The van der Waals surface area contributed by atoms with Gasteiger partial charge in [-0.3, -0.25) is 4.79 Å². The second-order valence-corrected chi connectivity index (χ2v) is 7.02. The Morgan fingerprint density at radius 2 is 2.00 bits per heavy atom. The van der Waals surface area contributed by atoms with Crippen LogP contribution in [0.3, 0.4) is 0 Å². The summed E-state index contributed by atoms with van der Waals surface area (Å²) in [6, 6.07) is 14.1. The van der Waals surface area contributed by atoms with E-state index in [1.54, 1.807) is 30.1 Å². The van der Waals surface area contributed by atoms with Gasteiger partial charge in [0, 0.05) is 6.54 Å². The van der Waals surface area contributed by atoms with Crippen LogP contribution in [-0.2, 0) is 6.54 Å². The summed E-state index contributed by atoms with van der Waals surface area (Å²) in [7, 11) is 0. The number of fused-ring (bicyclic) bond motifs is 1. The second kappa shape index (κ2) is 8.93. The van der Waals surface area contributed by atoms with E-state index in [1.165, 1.54) is 4.68 Å². The molecule has 2 aromatic carbocycles. The van der Waals surface area contributed by atoms with Gasteiger partial charge in [-0.2, -0.15) is 0 Å². The van der Waals surface area contributed by atoms with E-state index in [4.69, 9.17) is 22.4 Å². The molecule has 0 saturated heterocycles. The fourth-order valence-electron chi connectivity index (χ4n) is 3.10. The highest BCUT2D eigenvalue weighted by Crippen LogP contribution is 2.20. The first kappa shape index (κ1) is 20.6. The van der Waals surface area contributed by atoms with Crippen LogP contribution in [0, 0.1) is 0 Å². The Kier molecular flexibility index (Phi) is 6.36. The van der Waals surface area contributed by atoms with Crippen LogP contribution in [0.25, 0.3) is 10.9 Å². The van der Waals surface area contributed by atoms with Crippen LogP contribution in [0.15, 0.2) is 53.3 Å². The summed E-state index contributed by atoms with van der Waals surface area (Å²) in [5.74, 6) is 0.371. The highest BCUT2D eigenvalue weighted by molar-refractivity contribution is 6.35. The fraction of sp³-hybridized carbons (Fsp3) is 0.250. The van der Waals surface area contributed by atoms with E-state index in [0.717, 1.165) is 5.56 Å². The summed E-state index contributed by atoms with van der Waals surface area (Å²) in [6.07, 6.45) is -1.14. The molecule has 3 aromatic rings. The van der Waals surface area contributed by atoms with Gasteiger partial charge in [0.15, 0.2) is 0 Å². The highest BCUT2D eigenvalue weighted by Gasteiger charge is 2.20. The van der Waals surface area contributed by atoms with Crippen molar-refractivity contribution < 1.29 is 9.90 Å². The topological polar surface area (TPSA) is 113 Å². The molecule has 1 heterocycles. The van der Waals surface area contributed by atoms with Crippen molar-refractivity contribution in [1.82, 2.24) is 15.0 Å². The van der Waals surface area contributed by atoms with Gasteiger partial charge in [-0.1, -0.05) is 48.0 Å². The molecule has 0 bridgehead atoms. The molecule has 0 aliphatic rings. The zero-order chi connectivity index (χ0) is 21.0. The van der Waals surface area contributed by atoms with E-state index in [1.807, 2.05) is 30.3 Å². The largest absolute Gasteiger partial charge is 0.465 e. The molecule has 0 aliphatic heterocycles. The van der Waals surface area contributed by atoms with Gasteiger partial charge in [-0.15, -0.1) is 0 Å². The maximum atomic E-state index is 13.4. The lowest BCUT2D eigenvalue weighted by atomic mass is 10.2. The number of nitrogens with one attached hydrogen (secondary N) is 1. The monoisotopic (exact) mass is 415 g/mol. The van der Waals surface area contributed by atoms with E-state index < -0.39 is 12.1 Å². The molecule has 1 amide bonds. The number of nitrogens with zero attached hydrogens (tertiary/aromatic N) is 3. The first-order valence-electron chi connectivity index (χ1n) is 9.11. The number of carbonyl (C=O) groups is 1. The van der Waals surface area contributed by atoms with Gasteiger partial charge in [0.2, 0.25) is 0 Å². The molecule has 3 rings (SSSR count). The zero-order valence-electron chi connectivity index (χ0n) is 15.9. The Hall–Kier alpha value is -3.10. The average molecular weight is 416 g/mol. The standard InChI is InChI=1S/C20H22ClN5O3/c1-13(22)18-24-16-9-5-8-15(21)17(16)19(27)26(18)25(11-10-23-20(28)29)12-14-6-3-2-4-7-14/h2-9,13,23H,10-12,22H2,1H3,(H,28,29). The van der Waals surface area contributed by atoms with Crippen molar-refractivity contribution in [3.8, 4) is 0 Å². The predicted octanol–water partition coefficient (Wildman–Crippen LogP) is 2.48. The number of nitrogens with two attached hydrogens (primary N) is 1. The Morgan fingerprint density at radius 1 is 1.28 bits per heavy atom. The Morgan fingerprint density at radius 3 is 2.66 bits per heavy atom. The van der Waals surface area contributed by atoms with Crippen molar-refractivity contribution in [3.05, 3.63) is 75.3 Å². The molecule has 29 heavy (non-hydrogen) atoms. The lowest BCUT2D eigenvalue weighted by molar-refractivity contribution is 0.194. The second-order valence-electron chi connectivity index (χ2n) is 6.62. The van der Waals surface area contributed by atoms with Crippen LogP contribution in [0.4, 0.5) is 4.79 Å². The number of benzene rings is 2. The van der Waals surface area contributed by atoms with E-state index in [-0.39, 0.29) is 18.6 Å². The molecule has 0 aliphatic carbocycles. The summed E-state index contributed by atoms with van der Waals surface area (Å²) >= 11 is 6.28. The number of aromatic nitrogens is 2. The molecular weight excluding hydrogens is 394 g/mol. The summed E-state index contributed by atoms with van der Waals surface area (Å²) < 4.78 is 1.41. The molecule has 152 valence electrons. The van der Waals surface area contributed by atoms with Gasteiger partial charge >= 0.3 is 6.09 Å². The number of carboxylic acid groups (broad SMARTS) is 1. The zero-order valence-corrected chi connectivity index (χ0v) is 16.6. The van der Waals surface area contributed by atoms with Crippen molar-refractivity contribution in [2.45, 2.75) is 19.5 Å². The summed E-state index contributed by atoms with van der Waals surface area (Å²) in [5, 5.41) is 13.6. The van der Waals surface area contributed by atoms with Gasteiger partial charge in [0.05, 0.1) is 35.1 Å². The molecule has 0 spiro atoms. The molecule has 8 nitrogen and oxygen atoms in total. The lowest BCUT2D eigenvalue weighted by Gasteiger charge is -2.30. The van der Waals surface area contributed by atoms with E-state index >= 15 is 0 Å². The third kappa shape index (κ3) is 4.67. The van der Waals surface area contributed by atoms with Gasteiger partial charge < -0.3 is 21.2 Å². The van der Waals surface area contributed by atoms with Crippen molar-refractivity contribution in [2.75, 3.05) is 18.1 Å². The number of rotatable bonds is 7. The third-order valence-electron chi connectivity index (χ3n) is 4.39. The third-order valence-corrected chi connectivity index (χ3v) is 4.71. The van der Waals surface area contributed by atoms with Crippen molar-refractivity contribution in [2.24, 2.45) is 5.73 Å². The molecule has 9 heteroatoms. The molecule has 1 aromatic heterocycles. The summed E-state index contributed by atoms with van der Waals surface area (Å²) in [5.41, 5.74) is 7.20. The van der Waals surface area contributed by atoms with Crippen LogP contribution < -0.4 is 21.6 Å². The van der Waals surface area contributed by atoms with Crippen LogP contribution in [0.2, 0.25) is 5.02 Å². The van der Waals surface area contributed by atoms with Gasteiger partial charge in [0.25, 0.3) is 5.56 Å². The molecule has 4 N–H and O–H groups in total. The lowest BCUT2D eigenvalue weighted by Crippen LogP contribution is -2.48. The number of halogens is 1. The highest BCUT2D eigenvalue weighted by atomic mass is 35.5. The average Bonchev–Trinajstić information content (AvgIpc) is 2.67. The van der Waals surface area contributed by atoms with Gasteiger partial charge in [0.1, 0.15) is 5.82 Å². The number of hydrogen-bond acceptors (Lipinski definition) is 5. The minimum Gasteiger partial charge on any atom is -0.465 e. The Labute approximate surface area is 172 Å². The van der Waals surface area contributed by atoms with Crippen molar-refractivity contribution in [3.63, 3.8) is 0 Å². The van der Waals surface area contributed by atoms with E-state index in [0.29, 0.717) is 28.3 Å². The van der Waals surface area contributed by atoms with Crippen LogP contribution >= 0.6 is 11.6 Å². The van der Waals surface area contributed by atoms with Crippen LogP contribution in [-0.4, -0.2) is 33.9 Å². The molecular formula is C20H22ClN5O3. The van der Waals surface area contributed by atoms with Crippen molar-refractivity contribution >= 4 is 28.6 Å². The maximum Gasteiger partial charge on any atom is 0.404 e. The SMILES string of the molecule is CC(N)c1nc2cccc(Cl)c2c(=O)n1N(CCNC(=O)O)Cc1ccccc1. The fourth-order valence-corrected chi connectivity index (χ4v) is 3.35. The van der Waals surface area contributed by atoms with E-state index in [2.05, 4.69) is 10.3 Å². The quantitative estimate of drug-likeness (QED) is 0.546. The first-order valence-corrected chi connectivity index (χ1v) is 9.49.